The maximum absolute atomic E-state index is 13.0. The van der Waals surface area contributed by atoms with Crippen LogP contribution < -0.4 is 10.6 Å². The number of ether oxygens (including phenoxy) is 1. The Kier molecular flexibility index (Phi) is 7.06. The van der Waals surface area contributed by atoms with Gasteiger partial charge >= 0.3 is 5.97 Å². The third-order valence-corrected chi connectivity index (χ3v) is 4.50. The van der Waals surface area contributed by atoms with Gasteiger partial charge in [-0.2, -0.15) is 0 Å². The van der Waals surface area contributed by atoms with E-state index in [0.29, 0.717) is 11.1 Å². The number of aliphatic hydroxyl groups is 2. The highest BCUT2D eigenvalue weighted by molar-refractivity contribution is 5.97. The summed E-state index contributed by atoms with van der Waals surface area (Å²) in [7, 11) is 1.27. The molecule has 0 fully saturated rings. The molecular formula is C22H19FN4O6. The second kappa shape index (κ2) is 9.94. The Balaban J connectivity index is 1.64. The van der Waals surface area contributed by atoms with E-state index in [1.807, 2.05) is 5.32 Å². The van der Waals surface area contributed by atoms with Gasteiger partial charge in [0.2, 0.25) is 0 Å². The predicted octanol–water partition coefficient (Wildman–Crippen LogP) is 0.857. The maximum atomic E-state index is 13.0. The lowest BCUT2D eigenvalue weighted by molar-refractivity contribution is -0.185. The molecule has 0 atom stereocenters. The molecule has 11 heteroatoms. The van der Waals surface area contributed by atoms with Crippen LogP contribution >= 0.6 is 0 Å². The van der Waals surface area contributed by atoms with Crippen LogP contribution in [0.15, 0.2) is 60.9 Å². The molecule has 0 radical (unpaired) electrons. The molecule has 4 N–H and O–H groups in total. The third kappa shape index (κ3) is 5.93. The minimum atomic E-state index is -2.80. The maximum Gasteiger partial charge on any atom is 0.337 e. The molecule has 170 valence electrons. The zero-order valence-corrected chi connectivity index (χ0v) is 17.3. The number of nitrogens with one attached hydrogen (secondary N) is 2. The molecule has 0 aliphatic heterocycles. The summed E-state index contributed by atoms with van der Waals surface area (Å²) in [5.74, 6) is -5.48. The number of amides is 2. The monoisotopic (exact) mass is 454 g/mol. The number of carbonyl (C=O) groups is 3. The minimum Gasteiger partial charge on any atom is -0.465 e. The topological polar surface area (TPSA) is 151 Å². The van der Waals surface area contributed by atoms with Crippen LogP contribution in [0.1, 0.15) is 42.5 Å². The van der Waals surface area contributed by atoms with Crippen molar-refractivity contribution < 1.29 is 33.7 Å². The van der Waals surface area contributed by atoms with E-state index in [1.165, 1.54) is 7.11 Å². The SMILES string of the molecule is COC(=O)c1ccc(CNC(=O)c2cc(C(=O)NC(O)(O)c3ccc(F)cc3)ncn2)cc1. The normalized spacial score (nSPS) is 10.9. The summed E-state index contributed by atoms with van der Waals surface area (Å²) < 4.78 is 17.7. The molecular weight excluding hydrogens is 435 g/mol. The highest BCUT2D eigenvalue weighted by atomic mass is 19.1. The molecule has 0 spiro atoms. The number of methoxy groups -OCH3 is 1. The molecule has 1 heterocycles. The molecule has 2 amide bonds. The lowest BCUT2D eigenvalue weighted by Gasteiger charge is -2.23. The molecule has 0 bridgehead atoms. The van der Waals surface area contributed by atoms with Gasteiger partial charge in [-0.15, -0.1) is 0 Å². The zero-order chi connectivity index (χ0) is 24.0. The van der Waals surface area contributed by atoms with Gasteiger partial charge in [0, 0.05) is 18.2 Å². The van der Waals surface area contributed by atoms with E-state index in [-0.39, 0.29) is 23.5 Å². The summed E-state index contributed by atoms with van der Waals surface area (Å²) in [6.45, 7) is 0.118. The predicted molar refractivity (Wildman–Crippen MR) is 111 cm³/mol. The summed E-state index contributed by atoms with van der Waals surface area (Å²) in [6.07, 6.45) is 0.975. The van der Waals surface area contributed by atoms with Crippen molar-refractivity contribution >= 4 is 17.8 Å². The first-order valence-electron chi connectivity index (χ1n) is 9.50. The van der Waals surface area contributed by atoms with Crippen LogP contribution in [0.25, 0.3) is 0 Å². The van der Waals surface area contributed by atoms with Crippen molar-refractivity contribution in [2.75, 3.05) is 7.11 Å². The number of halogens is 1. The summed E-state index contributed by atoms with van der Waals surface area (Å²) in [4.78, 5) is 43.8. The van der Waals surface area contributed by atoms with Gasteiger partial charge in [-0.25, -0.2) is 19.2 Å². The molecule has 0 aliphatic rings. The van der Waals surface area contributed by atoms with Crippen molar-refractivity contribution in [3.8, 4) is 0 Å². The Bertz CT molecular complexity index is 1170. The summed E-state index contributed by atoms with van der Waals surface area (Å²) in [6, 6.07) is 11.6. The molecule has 3 rings (SSSR count). The van der Waals surface area contributed by atoms with E-state index in [2.05, 4.69) is 20.0 Å². The zero-order valence-electron chi connectivity index (χ0n) is 17.3. The number of benzene rings is 2. The lowest BCUT2D eigenvalue weighted by Crippen LogP contribution is -2.46. The Labute approximate surface area is 187 Å². The summed E-state index contributed by atoms with van der Waals surface area (Å²) in [5.41, 5.74) is 0.454. The van der Waals surface area contributed by atoms with Crippen molar-refractivity contribution in [3.63, 3.8) is 0 Å². The fourth-order valence-electron chi connectivity index (χ4n) is 2.73. The Morgan fingerprint density at radius 2 is 1.58 bits per heavy atom. The molecule has 0 aliphatic carbocycles. The first-order chi connectivity index (χ1) is 15.7. The molecule has 33 heavy (non-hydrogen) atoms. The van der Waals surface area contributed by atoms with Crippen molar-refractivity contribution in [1.29, 1.82) is 0 Å². The van der Waals surface area contributed by atoms with Gasteiger partial charge in [-0.3, -0.25) is 14.9 Å². The number of hydrogen-bond acceptors (Lipinski definition) is 8. The van der Waals surface area contributed by atoms with Crippen molar-refractivity contribution in [2.45, 2.75) is 12.5 Å². The van der Waals surface area contributed by atoms with E-state index < -0.39 is 29.5 Å². The van der Waals surface area contributed by atoms with Gasteiger partial charge in [-0.05, 0) is 42.0 Å². The average Bonchev–Trinajstić information content (AvgIpc) is 2.82. The van der Waals surface area contributed by atoms with Crippen molar-refractivity contribution in [2.24, 2.45) is 0 Å². The van der Waals surface area contributed by atoms with Crippen LogP contribution in [0.4, 0.5) is 4.39 Å². The van der Waals surface area contributed by atoms with Gasteiger partial charge in [0.1, 0.15) is 23.5 Å². The van der Waals surface area contributed by atoms with Gasteiger partial charge in [0.05, 0.1) is 12.7 Å². The number of hydrogen-bond donors (Lipinski definition) is 4. The van der Waals surface area contributed by atoms with Crippen LogP contribution in [0.5, 0.6) is 0 Å². The standard InChI is InChI=1S/C22H19FN4O6/c1-33-21(30)14-4-2-13(3-5-14)11-24-19(28)17-10-18(26-12-25-17)20(29)27-22(31,32)15-6-8-16(23)9-7-15/h2-10,12,31-32H,11H2,1H3,(H,24,28)(H,27,29). The van der Waals surface area contributed by atoms with Crippen molar-refractivity contribution in [3.05, 3.63) is 94.8 Å². The lowest BCUT2D eigenvalue weighted by atomic mass is 10.1. The molecule has 0 saturated carbocycles. The quantitative estimate of drug-likeness (QED) is 0.303. The Morgan fingerprint density at radius 1 is 0.970 bits per heavy atom. The van der Waals surface area contributed by atoms with Gasteiger partial charge in [0.15, 0.2) is 0 Å². The molecule has 0 unspecified atom stereocenters. The molecule has 0 saturated heterocycles. The molecule has 10 nitrogen and oxygen atoms in total. The van der Waals surface area contributed by atoms with Crippen LogP contribution in [-0.4, -0.2) is 45.1 Å². The third-order valence-electron chi connectivity index (χ3n) is 4.50. The van der Waals surface area contributed by atoms with Crippen molar-refractivity contribution in [1.82, 2.24) is 20.6 Å². The first kappa shape index (κ1) is 23.4. The number of esters is 1. The Morgan fingerprint density at radius 3 is 2.18 bits per heavy atom. The number of nitrogens with zero attached hydrogens (tertiary/aromatic N) is 2. The van der Waals surface area contributed by atoms with E-state index >= 15 is 0 Å². The minimum absolute atomic E-state index is 0.118. The van der Waals surface area contributed by atoms with Crippen LogP contribution in [-0.2, 0) is 17.2 Å². The molecule has 3 aromatic rings. The fourth-order valence-corrected chi connectivity index (χ4v) is 2.73. The van der Waals surface area contributed by atoms with Gasteiger partial charge in [-0.1, -0.05) is 12.1 Å². The van der Waals surface area contributed by atoms with E-state index in [0.717, 1.165) is 36.7 Å². The van der Waals surface area contributed by atoms with Gasteiger partial charge in [0.25, 0.3) is 17.7 Å². The largest absolute Gasteiger partial charge is 0.465 e. The van der Waals surface area contributed by atoms with Gasteiger partial charge < -0.3 is 20.3 Å². The average molecular weight is 454 g/mol. The van der Waals surface area contributed by atoms with E-state index in [9.17, 15) is 29.0 Å². The smallest absolute Gasteiger partial charge is 0.337 e. The second-order valence-electron chi connectivity index (χ2n) is 6.79. The van der Waals surface area contributed by atoms with E-state index in [4.69, 9.17) is 0 Å². The van der Waals surface area contributed by atoms with Crippen LogP contribution in [0.3, 0.4) is 0 Å². The highest BCUT2D eigenvalue weighted by Crippen LogP contribution is 2.16. The first-order valence-corrected chi connectivity index (χ1v) is 9.50. The second-order valence-corrected chi connectivity index (χ2v) is 6.79. The summed E-state index contributed by atoms with van der Waals surface area (Å²) in [5, 5.41) is 24.8. The summed E-state index contributed by atoms with van der Waals surface area (Å²) >= 11 is 0. The van der Waals surface area contributed by atoms with Crippen LogP contribution in [0.2, 0.25) is 0 Å². The molecule has 2 aromatic carbocycles. The number of aromatic nitrogens is 2. The fraction of sp³-hybridized carbons (Fsp3) is 0.136. The van der Waals surface area contributed by atoms with Crippen LogP contribution in [0, 0.1) is 5.82 Å². The molecule has 1 aromatic heterocycles. The number of carbonyl (C=O) groups excluding carboxylic acids is 3. The number of rotatable bonds is 7. The Hall–Kier alpha value is -4.22. The highest BCUT2D eigenvalue weighted by Gasteiger charge is 2.29. The van der Waals surface area contributed by atoms with E-state index in [1.54, 1.807) is 24.3 Å².